The summed E-state index contributed by atoms with van der Waals surface area (Å²) in [5, 5.41) is 0.857. The molecule has 5 rings (SSSR count). The molecule has 0 radical (unpaired) electrons. The van der Waals surface area contributed by atoms with Gasteiger partial charge in [-0.15, -0.1) is 0 Å². The fraction of sp³-hybridized carbons (Fsp3) is 0.250. The summed E-state index contributed by atoms with van der Waals surface area (Å²) in [6.45, 7) is 3.73. The molecule has 1 aliphatic heterocycles. The van der Waals surface area contributed by atoms with Crippen LogP contribution in [-0.4, -0.2) is 47.8 Å². The van der Waals surface area contributed by atoms with Gasteiger partial charge < -0.3 is 14.4 Å². The maximum absolute atomic E-state index is 13.4. The highest BCUT2D eigenvalue weighted by Crippen LogP contribution is 2.37. The van der Waals surface area contributed by atoms with Gasteiger partial charge in [0, 0.05) is 17.4 Å². The molecule has 1 aliphatic rings. The van der Waals surface area contributed by atoms with Crippen molar-refractivity contribution in [1.82, 2.24) is 14.5 Å². The molecule has 2 aromatic heterocycles. The van der Waals surface area contributed by atoms with E-state index in [1.807, 2.05) is 36.5 Å². The third kappa shape index (κ3) is 3.71. The lowest BCUT2D eigenvalue weighted by atomic mass is 10.1. The number of nitrogens with one attached hydrogen (secondary N) is 1. The highest BCUT2D eigenvalue weighted by Gasteiger charge is 2.31. The van der Waals surface area contributed by atoms with Gasteiger partial charge in [0.25, 0.3) is 0 Å². The van der Waals surface area contributed by atoms with Crippen LogP contribution in [0, 0.1) is 0 Å². The molecule has 1 N–H and O–H groups in total. The van der Waals surface area contributed by atoms with E-state index in [0.29, 0.717) is 11.3 Å². The molecule has 0 spiro atoms. The Labute approximate surface area is 183 Å². The largest absolute Gasteiger partial charge is 0.416 e. The normalized spacial score (nSPS) is 15.4. The maximum Gasteiger partial charge on any atom is 0.416 e. The Balaban J connectivity index is 1.73. The molecule has 0 saturated carbocycles. The lowest BCUT2D eigenvalue weighted by Gasteiger charge is -2.31. The van der Waals surface area contributed by atoms with Crippen LogP contribution in [0.1, 0.15) is 5.56 Å². The number of benzene rings is 2. The van der Waals surface area contributed by atoms with Gasteiger partial charge in [0.05, 0.1) is 44.2 Å². The lowest BCUT2D eigenvalue weighted by molar-refractivity contribution is -0.880. The molecular weight excluding hydrogens is 415 g/mol. The molecule has 1 fully saturated rings. The fourth-order valence-electron chi connectivity index (χ4n) is 4.25. The van der Waals surface area contributed by atoms with Crippen LogP contribution in [0.15, 0.2) is 67.1 Å². The van der Waals surface area contributed by atoms with Crippen LogP contribution in [0.2, 0.25) is 0 Å². The molecular formula is C24H23F3N5+. The number of alkyl halides is 3. The zero-order valence-corrected chi connectivity index (χ0v) is 17.6. The van der Waals surface area contributed by atoms with E-state index in [0.717, 1.165) is 60.6 Å². The molecule has 5 nitrogen and oxygen atoms in total. The minimum atomic E-state index is -4.41. The Morgan fingerprint density at radius 3 is 2.41 bits per heavy atom. The number of piperazine rings is 1. The first-order valence-corrected chi connectivity index (χ1v) is 10.6. The minimum absolute atomic E-state index is 0.416. The summed E-state index contributed by atoms with van der Waals surface area (Å²) in [5.74, 6) is 0.826. The number of fused-ring (bicyclic) bond motifs is 1. The summed E-state index contributed by atoms with van der Waals surface area (Å²) < 4.78 is 41.8. The van der Waals surface area contributed by atoms with Crippen molar-refractivity contribution in [2.45, 2.75) is 6.18 Å². The maximum atomic E-state index is 13.4. The molecule has 1 saturated heterocycles. The summed E-state index contributed by atoms with van der Waals surface area (Å²) in [6, 6.07) is 15.2. The monoisotopic (exact) mass is 438 g/mol. The lowest BCUT2D eigenvalue weighted by Crippen LogP contribution is -3.12. The van der Waals surface area contributed by atoms with Crippen molar-refractivity contribution in [3.05, 3.63) is 72.7 Å². The first-order chi connectivity index (χ1) is 15.4. The molecule has 32 heavy (non-hydrogen) atoms. The second-order valence-corrected chi connectivity index (χ2v) is 8.17. The van der Waals surface area contributed by atoms with Gasteiger partial charge in [-0.05, 0) is 23.8 Å². The van der Waals surface area contributed by atoms with Crippen LogP contribution in [0.5, 0.6) is 0 Å². The van der Waals surface area contributed by atoms with Crippen molar-refractivity contribution < 1.29 is 18.1 Å². The van der Waals surface area contributed by atoms with Crippen LogP contribution in [0.3, 0.4) is 0 Å². The summed E-state index contributed by atoms with van der Waals surface area (Å²) in [4.78, 5) is 12.8. The van der Waals surface area contributed by atoms with Gasteiger partial charge in [0.2, 0.25) is 0 Å². The third-order valence-electron chi connectivity index (χ3n) is 6.02. The topological polar surface area (TPSA) is 38.4 Å². The zero-order valence-electron chi connectivity index (χ0n) is 17.6. The number of anilines is 1. The van der Waals surface area contributed by atoms with Crippen molar-refractivity contribution in [2.24, 2.45) is 0 Å². The Morgan fingerprint density at radius 1 is 0.938 bits per heavy atom. The molecule has 0 aliphatic carbocycles. The first-order valence-electron chi connectivity index (χ1n) is 10.6. The average molecular weight is 438 g/mol. The van der Waals surface area contributed by atoms with Crippen molar-refractivity contribution in [2.75, 3.05) is 38.1 Å². The molecule has 2 aromatic carbocycles. The molecule has 0 amide bonds. The van der Waals surface area contributed by atoms with Crippen LogP contribution >= 0.6 is 0 Å². The molecule has 0 unspecified atom stereocenters. The van der Waals surface area contributed by atoms with Crippen LogP contribution in [0.4, 0.5) is 19.0 Å². The molecule has 0 atom stereocenters. The van der Waals surface area contributed by atoms with Gasteiger partial charge >= 0.3 is 6.18 Å². The molecule has 3 heterocycles. The number of nitrogens with zero attached hydrogens (tertiary/aromatic N) is 4. The van der Waals surface area contributed by atoms with Crippen molar-refractivity contribution in [1.29, 1.82) is 0 Å². The van der Waals surface area contributed by atoms with E-state index < -0.39 is 11.7 Å². The number of likely N-dealkylation sites (N-methyl/N-ethyl adjacent to an activating group) is 1. The van der Waals surface area contributed by atoms with Gasteiger partial charge in [0.15, 0.2) is 5.65 Å². The Hall–Kier alpha value is -3.39. The van der Waals surface area contributed by atoms with Crippen molar-refractivity contribution in [3.63, 3.8) is 0 Å². The van der Waals surface area contributed by atoms with E-state index in [-0.39, 0.29) is 0 Å². The first kappa shape index (κ1) is 20.5. The molecule has 8 heteroatoms. The Morgan fingerprint density at radius 2 is 1.69 bits per heavy atom. The van der Waals surface area contributed by atoms with Gasteiger partial charge in [0.1, 0.15) is 12.1 Å². The van der Waals surface area contributed by atoms with E-state index >= 15 is 0 Å². The number of quaternary nitrogens is 1. The second kappa shape index (κ2) is 7.94. The van der Waals surface area contributed by atoms with E-state index in [1.165, 1.54) is 17.3 Å². The summed E-state index contributed by atoms with van der Waals surface area (Å²) in [6.07, 6.45) is -1.04. The summed E-state index contributed by atoms with van der Waals surface area (Å²) in [7, 11) is 2.17. The number of rotatable bonds is 3. The van der Waals surface area contributed by atoms with Crippen LogP contribution in [-0.2, 0) is 6.18 Å². The average Bonchev–Trinajstić information content (AvgIpc) is 3.20. The SMILES string of the molecule is C[NH+]1CCN(c2ncnc3c2c(-c2ccccc2)cn3-c2cccc(C(F)(F)F)c2)CC1. The van der Waals surface area contributed by atoms with E-state index in [1.54, 1.807) is 10.6 Å². The summed E-state index contributed by atoms with van der Waals surface area (Å²) in [5.41, 5.74) is 2.20. The second-order valence-electron chi connectivity index (χ2n) is 8.17. The predicted molar refractivity (Wildman–Crippen MR) is 118 cm³/mol. The number of hydrogen-bond acceptors (Lipinski definition) is 3. The standard InChI is InChI=1S/C24H22F3N5/c1-30-10-12-31(13-11-30)22-21-20(17-6-3-2-4-7-17)15-32(23(21)29-16-28-22)19-9-5-8-18(14-19)24(25,26)27/h2-9,14-16H,10-13H2,1H3/p+1. The van der Waals surface area contributed by atoms with E-state index in [9.17, 15) is 13.2 Å². The highest BCUT2D eigenvalue weighted by molar-refractivity contribution is 6.02. The van der Waals surface area contributed by atoms with E-state index in [4.69, 9.17) is 0 Å². The predicted octanol–water partition coefficient (Wildman–Crippen LogP) is 3.44. The highest BCUT2D eigenvalue weighted by atomic mass is 19.4. The molecule has 0 bridgehead atoms. The van der Waals surface area contributed by atoms with Crippen molar-refractivity contribution >= 4 is 16.9 Å². The van der Waals surface area contributed by atoms with Crippen LogP contribution in [0.25, 0.3) is 27.8 Å². The minimum Gasteiger partial charge on any atom is -0.345 e. The van der Waals surface area contributed by atoms with Gasteiger partial charge in [-0.1, -0.05) is 36.4 Å². The van der Waals surface area contributed by atoms with Crippen molar-refractivity contribution in [3.8, 4) is 16.8 Å². The Kier molecular flexibility index (Phi) is 5.09. The van der Waals surface area contributed by atoms with E-state index in [2.05, 4.69) is 21.9 Å². The molecule has 164 valence electrons. The quantitative estimate of drug-likeness (QED) is 0.533. The number of aromatic nitrogens is 3. The third-order valence-corrected chi connectivity index (χ3v) is 6.02. The number of hydrogen-bond donors (Lipinski definition) is 1. The van der Waals surface area contributed by atoms with Crippen LogP contribution < -0.4 is 9.80 Å². The number of halogens is 3. The Bertz CT molecular complexity index is 1240. The fourth-order valence-corrected chi connectivity index (χ4v) is 4.25. The van der Waals surface area contributed by atoms with Gasteiger partial charge in [-0.3, -0.25) is 0 Å². The van der Waals surface area contributed by atoms with Gasteiger partial charge in [-0.2, -0.15) is 13.2 Å². The summed E-state index contributed by atoms with van der Waals surface area (Å²) >= 11 is 0. The molecule has 4 aromatic rings. The smallest absolute Gasteiger partial charge is 0.345 e. The zero-order chi connectivity index (χ0) is 22.3. The van der Waals surface area contributed by atoms with Gasteiger partial charge in [-0.25, -0.2) is 9.97 Å².